The van der Waals surface area contributed by atoms with Crippen LogP contribution in [0.3, 0.4) is 0 Å². The Balaban J connectivity index is 2.20. The molecule has 1 aliphatic heterocycles. The number of likely N-dealkylation sites (tertiary alicyclic amines) is 1. The monoisotopic (exact) mass is 313 g/mol. The highest BCUT2D eigenvalue weighted by Crippen LogP contribution is 2.24. The number of amides is 1. The van der Waals surface area contributed by atoms with Crippen molar-refractivity contribution in [2.45, 2.75) is 18.6 Å². The summed E-state index contributed by atoms with van der Waals surface area (Å²) < 4.78 is 27.1. The lowest BCUT2D eigenvalue weighted by Gasteiger charge is -2.21. The summed E-state index contributed by atoms with van der Waals surface area (Å²) in [5, 5.41) is 9.20. The fraction of sp³-hybridized carbons (Fsp3) is 0.385. The van der Waals surface area contributed by atoms with Gasteiger partial charge in [0.05, 0.1) is 12.4 Å². The second-order valence-corrected chi connectivity index (χ2v) is 6.44. The first-order valence-electron chi connectivity index (χ1n) is 6.25. The Hall–Kier alpha value is -1.93. The highest BCUT2D eigenvalue weighted by molar-refractivity contribution is 7.86. The number of nitrogens with zero attached hydrogens (tertiary/aromatic N) is 1. The average Bonchev–Trinajstić information content (AvgIpc) is 2.80. The summed E-state index contributed by atoms with van der Waals surface area (Å²) in [7, 11) is -3.70. The summed E-state index contributed by atoms with van der Waals surface area (Å²) in [5.74, 6) is -1.64. The van der Waals surface area contributed by atoms with E-state index in [0.29, 0.717) is 5.56 Å². The number of carbonyl (C=O) groups is 2. The Bertz CT molecular complexity index is 642. The molecule has 8 heteroatoms. The molecule has 0 aliphatic carbocycles. The number of aliphatic carboxylic acids is 1. The Kier molecular flexibility index (Phi) is 4.29. The van der Waals surface area contributed by atoms with Crippen LogP contribution in [0.1, 0.15) is 16.8 Å². The van der Waals surface area contributed by atoms with Crippen molar-refractivity contribution in [3.05, 3.63) is 35.9 Å². The number of hydrogen-bond acceptors (Lipinski definition) is 5. The van der Waals surface area contributed by atoms with Gasteiger partial charge in [-0.25, -0.2) is 4.79 Å². The molecule has 1 N–H and O–H groups in total. The van der Waals surface area contributed by atoms with Gasteiger partial charge in [0, 0.05) is 18.5 Å². The summed E-state index contributed by atoms with van der Waals surface area (Å²) in [6, 6.07) is 7.14. The number of carbonyl (C=O) groups excluding carboxylic acids is 1. The van der Waals surface area contributed by atoms with Crippen molar-refractivity contribution in [3.63, 3.8) is 0 Å². The van der Waals surface area contributed by atoms with Gasteiger partial charge >= 0.3 is 5.97 Å². The number of hydrogen-bond donors (Lipinski definition) is 1. The first-order chi connectivity index (χ1) is 9.78. The van der Waals surface area contributed by atoms with Crippen molar-refractivity contribution in [2.24, 2.45) is 0 Å². The van der Waals surface area contributed by atoms with Crippen LogP contribution in [-0.2, 0) is 19.1 Å². The quantitative estimate of drug-likeness (QED) is 0.804. The van der Waals surface area contributed by atoms with E-state index in [1.54, 1.807) is 30.3 Å². The molecule has 7 nitrogen and oxygen atoms in total. The van der Waals surface area contributed by atoms with Crippen LogP contribution in [0, 0.1) is 0 Å². The van der Waals surface area contributed by atoms with Gasteiger partial charge in [-0.1, -0.05) is 18.2 Å². The molecule has 1 aromatic rings. The van der Waals surface area contributed by atoms with Gasteiger partial charge in [-0.3, -0.25) is 8.98 Å². The van der Waals surface area contributed by atoms with Gasteiger partial charge in [0.2, 0.25) is 0 Å². The van der Waals surface area contributed by atoms with Crippen molar-refractivity contribution in [2.75, 3.05) is 12.8 Å². The van der Waals surface area contributed by atoms with E-state index in [4.69, 9.17) is 4.18 Å². The predicted octanol–water partition coefficient (Wildman–Crippen LogP) is 0.331. The zero-order chi connectivity index (χ0) is 15.6. The molecule has 0 spiro atoms. The zero-order valence-electron chi connectivity index (χ0n) is 11.3. The number of benzene rings is 1. The van der Waals surface area contributed by atoms with Crippen LogP contribution in [0.5, 0.6) is 0 Å². The van der Waals surface area contributed by atoms with Gasteiger partial charge in [0.15, 0.2) is 0 Å². The molecule has 0 saturated carbocycles. The maximum atomic E-state index is 12.3. The summed E-state index contributed by atoms with van der Waals surface area (Å²) in [6.07, 6.45) is -0.000391. The van der Waals surface area contributed by atoms with Gasteiger partial charge in [-0.05, 0) is 12.1 Å². The third-order valence-electron chi connectivity index (χ3n) is 3.14. The second-order valence-electron chi connectivity index (χ2n) is 4.84. The van der Waals surface area contributed by atoms with E-state index in [2.05, 4.69) is 0 Å². The molecule has 1 aromatic carbocycles. The molecule has 2 rings (SSSR count). The smallest absolute Gasteiger partial charge is 0.326 e. The minimum Gasteiger partial charge on any atom is -0.480 e. The summed E-state index contributed by atoms with van der Waals surface area (Å²) >= 11 is 0. The van der Waals surface area contributed by atoms with Crippen molar-refractivity contribution in [3.8, 4) is 0 Å². The number of rotatable bonds is 4. The van der Waals surface area contributed by atoms with Crippen LogP contribution in [0.4, 0.5) is 0 Å². The van der Waals surface area contributed by atoms with Crippen molar-refractivity contribution in [1.29, 1.82) is 0 Å². The Morgan fingerprint density at radius 2 is 1.90 bits per heavy atom. The van der Waals surface area contributed by atoms with E-state index in [0.717, 1.165) is 11.2 Å². The molecule has 1 aliphatic rings. The second kappa shape index (κ2) is 5.82. The van der Waals surface area contributed by atoms with Crippen molar-refractivity contribution >= 4 is 22.0 Å². The Morgan fingerprint density at radius 1 is 1.29 bits per heavy atom. The van der Waals surface area contributed by atoms with Crippen LogP contribution < -0.4 is 0 Å². The minimum atomic E-state index is -3.70. The first-order valence-corrected chi connectivity index (χ1v) is 8.06. The lowest BCUT2D eigenvalue weighted by atomic mass is 10.1. The predicted molar refractivity (Wildman–Crippen MR) is 73.2 cm³/mol. The van der Waals surface area contributed by atoms with Gasteiger partial charge in [0.1, 0.15) is 6.04 Å². The highest BCUT2D eigenvalue weighted by atomic mass is 32.2. The number of carboxylic acids is 1. The zero-order valence-corrected chi connectivity index (χ0v) is 12.1. The van der Waals surface area contributed by atoms with Crippen LogP contribution in [0.15, 0.2) is 30.3 Å². The highest BCUT2D eigenvalue weighted by Gasteiger charge is 2.41. The van der Waals surface area contributed by atoms with E-state index >= 15 is 0 Å². The molecule has 114 valence electrons. The average molecular weight is 313 g/mol. The summed E-state index contributed by atoms with van der Waals surface area (Å²) in [6.45, 7) is -0.0717. The molecule has 2 atom stereocenters. The van der Waals surface area contributed by atoms with Gasteiger partial charge in [-0.2, -0.15) is 8.42 Å². The fourth-order valence-corrected chi connectivity index (χ4v) is 2.95. The molecule has 0 aromatic heterocycles. The Labute approximate surface area is 122 Å². The lowest BCUT2D eigenvalue weighted by Crippen LogP contribution is -2.40. The van der Waals surface area contributed by atoms with E-state index in [9.17, 15) is 23.1 Å². The molecule has 1 saturated heterocycles. The van der Waals surface area contributed by atoms with Crippen LogP contribution in [-0.4, -0.2) is 55.2 Å². The third kappa shape index (κ3) is 3.79. The molecule has 2 unspecified atom stereocenters. The maximum Gasteiger partial charge on any atom is 0.326 e. The SMILES string of the molecule is CS(=O)(=O)OC1CC(C(=O)O)N(C(=O)c2ccccc2)C1. The maximum absolute atomic E-state index is 12.3. The fourth-order valence-electron chi connectivity index (χ4n) is 2.32. The molecule has 21 heavy (non-hydrogen) atoms. The Morgan fingerprint density at radius 3 is 2.43 bits per heavy atom. The number of carboxylic acid groups (broad SMARTS) is 1. The van der Waals surface area contributed by atoms with Gasteiger partial charge in [0.25, 0.3) is 16.0 Å². The molecule has 0 radical (unpaired) electrons. The summed E-state index contributed by atoms with van der Waals surface area (Å²) in [4.78, 5) is 24.7. The van der Waals surface area contributed by atoms with Crippen LogP contribution in [0.25, 0.3) is 0 Å². The van der Waals surface area contributed by atoms with E-state index < -0.39 is 34.1 Å². The van der Waals surface area contributed by atoms with Gasteiger partial charge in [-0.15, -0.1) is 0 Å². The topological polar surface area (TPSA) is 101 Å². The van der Waals surface area contributed by atoms with Crippen molar-refractivity contribution in [1.82, 2.24) is 4.90 Å². The summed E-state index contributed by atoms with van der Waals surface area (Å²) in [5.41, 5.74) is 0.351. The van der Waals surface area contributed by atoms with Crippen LogP contribution >= 0.6 is 0 Å². The first kappa shape index (κ1) is 15.5. The van der Waals surface area contributed by atoms with Crippen molar-refractivity contribution < 1.29 is 27.3 Å². The van der Waals surface area contributed by atoms with E-state index in [-0.39, 0.29) is 13.0 Å². The molecule has 1 heterocycles. The molecule has 1 fully saturated rings. The standard InChI is InChI=1S/C13H15NO6S/c1-21(18,19)20-10-7-11(13(16)17)14(8-10)12(15)9-5-3-2-4-6-9/h2-6,10-11H,7-8H2,1H3,(H,16,17). The van der Waals surface area contributed by atoms with Crippen LogP contribution in [0.2, 0.25) is 0 Å². The van der Waals surface area contributed by atoms with E-state index in [1.165, 1.54) is 0 Å². The molecule has 1 amide bonds. The molecular formula is C13H15NO6S. The molecule has 0 bridgehead atoms. The largest absolute Gasteiger partial charge is 0.480 e. The normalized spacial score (nSPS) is 22.2. The van der Waals surface area contributed by atoms with Gasteiger partial charge < -0.3 is 10.0 Å². The lowest BCUT2D eigenvalue weighted by molar-refractivity contribution is -0.141. The molecular weight excluding hydrogens is 298 g/mol. The minimum absolute atomic E-state index is 0.0546. The van der Waals surface area contributed by atoms with E-state index in [1.807, 2.05) is 0 Å². The third-order valence-corrected chi connectivity index (χ3v) is 3.76.